The summed E-state index contributed by atoms with van der Waals surface area (Å²) in [5, 5.41) is 17.6. The lowest BCUT2D eigenvalue weighted by molar-refractivity contribution is 0.118. The summed E-state index contributed by atoms with van der Waals surface area (Å²) < 4.78 is 0. The van der Waals surface area contributed by atoms with Crippen LogP contribution in [-0.4, -0.2) is 35.0 Å². The number of hydrogen-bond donors (Lipinski definition) is 3. The first-order chi connectivity index (χ1) is 9.61. The lowest BCUT2D eigenvalue weighted by Crippen LogP contribution is -2.37. The second kappa shape index (κ2) is 7.07. The van der Waals surface area contributed by atoms with Crippen molar-refractivity contribution in [2.45, 2.75) is 38.3 Å². The Morgan fingerprint density at radius 3 is 2.85 bits per heavy atom. The average Bonchev–Trinajstić information content (AvgIpc) is 2.65. The Bertz CT molecular complexity index is 478. The van der Waals surface area contributed by atoms with E-state index in [-0.39, 0.29) is 18.5 Å². The molecule has 1 heterocycles. The SMILES string of the molecule is N=C(N)c1ccc(CN2CCCCCC2CO)c(Cl)c1. The number of likely N-dealkylation sites (tertiary alicyclic amines) is 1. The summed E-state index contributed by atoms with van der Waals surface area (Å²) in [5.74, 6) is 0.0291. The van der Waals surface area contributed by atoms with Crippen molar-refractivity contribution in [1.29, 1.82) is 5.41 Å². The van der Waals surface area contributed by atoms with E-state index in [9.17, 15) is 5.11 Å². The standard InChI is InChI=1S/C15H22ClN3O/c16-14-8-11(15(17)18)5-6-12(14)9-19-7-3-1-2-4-13(19)10-20/h5-6,8,13,20H,1-4,7,9-10H2,(H3,17,18). The van der Waals surface area contributed by atoms with Gasteiger partial charge in [0.05, 0.1) is 6.61 Å². The number of benzene rings is 1. The van der Waals surface area contributed by atoms with Crippen LogP contribution in [0.2, 0.25) is 5.02 Å². The fourth-order valence-corrected chi connectivity index (χ4v) is 2.95. The maximum absolute atomic E-state index is 9.53. The van der Waals surface area contributed by atoms with Crippen LogP contribution in [0, 0.1) is 5.41 Å². The molecule has 1 atom stereocenters. The van der Waals surface area contributed by atoms with Gasteiger partial charge in [-0.15, -0.1) is 0 Å². The van der Waals surface area contributed by atoms with Gasteiger partial charge in [-0.25, -0.2) is 0 Å². The molecule has 4 N–H and O–H groups in total. The van der Waals surface area contributed by atoms with Crippen molar-refractivity contribution >= 4 is 17.4 Å². The Morgan fingerprint density at radius 1 is 1.40 bits per heavy atom. The summed E-state index contributed by atoms with van der Waals surface area (Å²) in [5.41, 5.74) is 7.13. The predicted molar refractivity (Wildman–Crippen MR) is 82.2 cm³/mol. The number of aliphatic hydroxyl groups is 1. The molecule has 1 aliphatic rings. The van der Waals surface area contributed by atoms with Crippen LogP contribution in [0.4, 0.5) is 0 Å². The van der Waals surface area contributed by atoms with Crippen LogP contribution in [-0.2, 0) is 6.54 Å². The maximum atomic E-state index is 9.53. The molecule has 1 aromatic rings. The van der Waals surface area contributed by atoms with Gasteiger partial charge in [-0.1, -0.05) is 36.6 Å². The van der Waals surface area contributed by atoms with Gasteiger partial charge in [0, 0.05) is 23.2 Å². The summed E-state index contributed by atoms with van der Waals surface area (Å²) in [6, 6.07) is 5.72. The minimum atomic E-state index is 0.0291. The predicted octanol–water partition coefficient (Wildman–Crippen LogP) is 2.36. The van der Waals surface area contributed by atoms with Gasteiger partial charge in [0.25, 0.3) is 0 Å². The maximum Gasteiger partial charge on any atom is 0.122 e. The number of rotatable bonds is 4. The molecule has 1 fully saturated rings. The van der Waals surface area contributed by atoms with Crippen molar-refractivity contribution in [2.24, 2.45) is 5.73 Å². The molecule has 0 aromatic heterocycles. The van der Waals surface area contributed by atoms with Gasteiger partial charge in [-0.05, 0) is 31.0 Å². The van der Waals surface area contributed by atoms with Crippen molar-refractivity contribution in [2.75, 3.05) is 13.2 Å². The first-order valence-corrected chi connectivity index (χ1v) is 7.47. The third-order valence-electron chi connectivity index (χ3n) is 3.95. The van der Waals surface area contributed by atoms with Crippen LogP contribution in [0.5, 0.6) is 0 Å². The first kappa shape index (κ1) is 15.3. The van der Waals surface area contributed by atoms with Crippen molar-refractivity contribution < 1.29 is 5.11 Å². The van der Waals surface area contributed by atoms with E-state index in [1.165, 1.54) is 19.3 Å². The molecule has 0 spiro atoms. The monoisotopic (exact) mass is 295 g/mol. The zero-order chi connectivity index (χ0) is 14.5. The molecule has 1 saturated heterocycles. The van der Waals surface area contributed by atoms with Crippen molar-refractivity contribution in [3.63, 3.8) is 0 Å². The molecule has 5 heteroatoms. The fourth-order valence-electron chi connectivity index (χ4n) is 2.71. The van der Waals surface area contributed by atoms with Crippen LogP contribution in [0.3, 0.4) is 0 Å². The summed E-state index contributed by atoms with van der Waals surface area (Å²) >= 11 is 6.28. The molecular formula is C15H22ClN3O. The Balaban J connectivity index is 2.13. The number of nitrogens with one attached hydrogen (secondary N) is 1. The Hall–Kier alpha value is -1.10. The van der Waals surface area contributed by atoms with Crippen molar-refractivity contribution in [1.82, 2.24) is 4.90 Å². The van der Waals surface area contributed by atoms with E-state index in [4.69, 9.17) is 22.7 Å². The highest BCUT2D eigenvalue weighted by Crippen LogP contribution is 2.23. The average molecular weight is 296 g/mol. The third kappa shape index (κ3) is 3.72. The van der Waals surface area contributed by atoms with E-state index in [1.807, 2.05) is 12.1 Å². The number of hydrogen-bond acceptors (Lipinski definition) is 3. The van der Waals surface area contributed by atoms with E-state index in [1.54, 1.807) is 6.07 Å². The quantitative estimate of drug-likeness (QED) is 0.590. The molecule has 0 amide bonds. The fraction of sp³-hybridized carbons (Fsp3) is 0.533. The van der Waals surface area contributed by atoms with E-state index in [0.29, 0.717) is 10.6 Å². The van der Waals surface area contributed by atoms with Crippen LogP contribution in [0.1, 0.15) is 36.8 Å². The zero-order valence-corrected chi connectivity index (χ0v) is 12.4. The molecule has 2 rings (SSSR count). The molecule has 0 saturated carbocycles. The van der Waals surface area contributed by atoms with Crippen LogP contribution in [0.25, 0.3) is 0 Å². The molecule has 1 aliphatic heterocycles. The van der Waals surface area contributed by atoms with E-state index < -0.39 is 0 Å². The van der Waals surface area contributed by atoms with Gasteiger partial charge in [0.15, 0.2) is 0 Å². The largest absolute Gasteiger partial charge is 0.395 e. The molecule has 1 unspecified atom stereocenters. The van der Waals surface area contributed by atoms with Crippen LogP contribution >= 0.6 is 11.6 Å². The molecule has 1 aromatic carbocycles. The normalized spacial score (nSPS) is 20.6. The summed E-state index contributed by atoms with van der Waals surface area (Å²) in [6.07, 6.45) is 4.61. The van der Waals surface area contributed by atoms with E-state index in [0.717, 1.165) is 25.1 Å². The molecule has 0 aliphatic carbocycles. The number of amidine groups is 1. The van der Waals surface area contributed by atoms with Crippen LogP contribution < -0.4 is 5.73 Å². The van der Waals surface area contributed by atoms with Crippen molar-refractivity contribution in [3.8, 4) is 0 Å². The minimum absolute atomic E-state index is 0.0291. The van der Waals surface area contributed by atoms with Gasteiger partial charge >= 0.3 is 0 Å². The first-order valence-electron chi connectivity index (χ1n) is 7.09. The Kier molecular flexibility index (Phi) is 5.40. The Labute approximate surface area is 125 Å². The zero-order valence-electron chi connectivity index (χ0n) is 11.6. The molecule has 0 radical (unpaired) electrons. The summed E-state index contributed by atoms with van der Waals surface area (Å²) in [4.78, 5) is 2.31. The molecule has 0 bridgehead atoms. The highest BCUT2D eigenvalue weighted by molar-refractivity contribution is 6.31. The number of aliphatic hydroxyl groups excluding tert-OH is 1. The number of nitrogens with two attached hydrogens (primary N) is 1. The lowest BCUT2D eigenvalue weighted by Gasteiger charge is -2.28. The topological polar surface area (TPSA) is 73.3 Å². The van der Waals surface area contributed by atoms with Gasteiger partial charge < -0.3 is 10.8 Å². The Morgan fingerprint density at radius 2 is 2.20 bits per heavy atom. The van der Waals surface area contributed by atoms with Gasteiger partial charge in [0.1, 0.15) is 5.84 Å². The van der Waals surface area contributed by atoms with Crippen LogP contribution in [0.15, 0.2) is 18.2 Å². The molecular weight excluding hydrogens is 274 g/mol. The number of nitrogen functional groups attached to an aromatic ring is 1. The molecule has 110 valence electrons. The second-order valence-electron chi connectivity index (χ2n) is 5.38. The van der Waals surface area contributed by atoms with Gasteiger partial charge in [-0.3, -0.25) is 10.3 Å². The highest BCUT2D eigenvalue weighted by atomic mass is 35.5. The van der Waals surface area contributed by atoms with E-state index in [2.05, 4.69) is 4.90 Å². The lowest BCUT2D eigenvalue weighted by atomic mass is 10.1. The highest BCUT2D eigenvalue weighted by Gasteiger charge is 2.21. The summed E-state index contributed by atoms with van der Waals surface area (Å²) in [7, 11) is 0. The third-order valence-corrected chi connectivity index (χ3v) is 4.30. The molecule has 4 nitrogen and oxygen atoms in total. The number of nitrogens with zero attached hydrogens (tertiary/aromatic N) is 1. The van der Waals surface area contributed by atoms with Crippen molar-refractivity contribution in [3.05, 3.63) is 34.3 Å². The summed E-state index contributed by atoms with van der Waals surface area (Å²) in [6.45, 7) is 1.93. The molecule has 20 heavy (non-hydrogen) atoms. The van der Waals surface area contributed by atoms with E-state index >= 15 is 0 Å². The minimum Gasteiger partial charge on any atom is -0.395 e. The number of halogens is 1. The second-order valence-corrected chi connectivity index (χ2v) is 5.78. The van der Waals surface area contributed by atoms with Gasteiger partial charge in [0.2, 0.25) is 0 Å². The smallest absolute Gasteiger partial charge is 0.122 e. The van der Waals surface area contributed by atoms with Gasteiger partial charge in [-0.2, -0.15) is 0 Å².